The fourth-order valence-corrected chi connectivity index (χ4v) is 3.36. The molecule has 1 aliphatic heterocycles. The van der Waals surface area contributed by atoms with Crippen LogP contribution in [0, 0.1) is 5.92 Å². The van der Waals surface area contributed by atoms with E-state index >= 15 is 0 Å². The van der Waals surface area contributed by atoms with Gasteiger partial charge < -0.3 is 10.6 Å². The summed E-state index contributed by atoms with van der Waals surface area (Å²) >= 11 is 6.08. The maximum Gasteiger partial charge on any atom is 0.273 e. The van der Waals surface area contributed by atoms with E-state index in [1.807, 2.05) is 24.3 Å². The van der Waals surface area contributed by atoms with Crippen LogP contribution in [0.5, 0.6) is 0 Å². The topological polar surface area (TPSA) is 71.8 Å². The lowest BCUT2D eigenvalue weighted by molar-refractivity contribution is 0.0938. The molecule has 1 atom stereocenters. The standard InChI is InChI=1S/C18H24ClN5O/c1-2-5-16-17(18(25)21-12-13-6-4-9-20-11-13)22-23-24(16)15-8-3-7-14(19)10-15/h3,7-8,10,13,20H,2,4-6,9,11-12H2,1H3,(H,21,25). The van der Waals surface area contributed by atoms with Crippen molar-refractivity contribution in [1.29, 1.82) is 0 Å². The van der Waals surface area contributed by atoms with Crippen molar-refractivity contribution < 1.29 is 4.79 Å². The quantitative estimate of drug-likeness (QED) is 0.829. The third kappa shape index (κ3) is 4.38. The molecule has 1 amide bonds. The minimum Gasteiger partial charge on any atom is -0.350 e. The van der Waals surface area contributed by atoms with Gasteiger partial charge in [-0.1, -0.05) is 36.2 Å². The average molecular weight is 362 g/mol. The molecule has 2 N–H and O–H groups in total. The second-order valence-corrected chi connectivity index (χ2v) is 6.89. The number of rotatable bonds is 6. The van der Waals surface area contributed by atoms with Crippen LogP contribution in [-0.4, -0.2) is 40.5 Å². The number of amides is 1. The van der Waals surface area contributed by atoms with E-state index < -0.39 is 0 Å². The van der Waals surface area contributed by atoms with Crippen molar-refractivity contribution in [2.24, 2.45) is 5.92 Å². The number of carbonyl (C=O) groups excluding carboxylic acids is 1. The van der Waals surface area contributed by atoms with Crippen molar-refractivity contribution in [3.8, 4) is 5.69 Å². The third-order valence-corrected chi connectivity index (χ3v) is 4.70. The Bertz CT molecular complexity index is 724. The predicted octanol–water partition coefficient (Wildman–Crippen LogP) is 2.60. The van der Waals surface area contributed by atoms with Crippen LogP contribution >= 0.6 is 11.6 Å². The van der Waals surface area contributed by atoms with Gasteiger partial charge in [-0.25, -0.2) is 4.68 Å². The van der Waals surface area contributed by atoms with Crippen LogP contribution in [0.2, 0.25) is 5.02 Å². The Morgan fingerprint density at radius 2 is 2.36 bits per heavy atom. The van der Waals surface area contributed by atoms with Gasteiger partial charge in [0.15, 0.2) is 5.69 Å². The van der Waals surface area contributed by atoms with Crippen molar-refractivity contribution in [1.82, 2.24) is 25.6 Å². The number of halogens is 1. The molecule has 1 aromatic carbocycles. The van der Waals surface area contributed by atoms with Crippen molar-refractivity contribution >= 4 is 17.5 Å². The van der Waals surface area contributed by atoms with Gasteiger partial charge in [0, 0.05) is 11.6 Å². The average Bonchev–Trinajstić information content (AvgIpc) is 3.05. The van der Waals surface area contributed by atoms with Crippen LogP contribution in [0.4, 0.5) is 0 Å². The van der Waals surface area contributed by atoms with Gasteiger partial charge in [-0.15, -0.1) is 5.10 Å². The zero-order chi connectivity index (χ0) is 17.6. The first kappa shape index (κ1) is 17.9. The molecule has 2 heterocycles. The molecule has 1 saturated heterocycles. The molecule has 134 valence electrons. The summed E-state index contributed by atoms with van der Waals surface area (Å²) in [5, 5.41) is 15.4. The normalized spacial score (nSPS) is 17.4. The van der Waals surface area contributed by atoms with Gasteiger partial charge in [0.05, 0.1) is 11.4 Å². The third-order valence-electron chi connectivity index (χ3n) is 4.47. The van der Waals surface area contributed by atoms with Crippen LogP contribution in [0.15, 0.2) is 24.3 Å². The van der Waals surface area contributed by atoms with Gasteiger partial charge in [-0.3, -0.25) is 4.79 Å². The highest BCUT2D eigenvalue weighted by atomic mass is 35.5. The van der Waals surface area contributed by atoms with Gasteiger partial charge in [0.25, 0.3) is 5.91 Å². The van der Waals surface area contributed by atoms with Crippen molar-refractivity contribution in [2.45, 2.75) is 32.6 Å². The molecule has 1 unspecified atom stereocenters. The first-order chi connectivity index (χ1) is 12.2. The summed E-state index contributed by atoms with van der Waals surface area (Å²) in [6.45, 7) is 4.77. The number of piperidine rings is 1. The lowest BCUT2D eigenvalue weighted by Gasteiger charge is -2.22. The lowest BCUT2D eigenvalue weighted by atomic mass is 10.00. The van der Waals surface area contributed by atoms with E-state index in [2.05, 4.69) is 27.9 Å². The van der Waals surface area contributed by atoms with Crippen molar-refractivity contribution in [3.63, 3.8) is 0 Å². The smallest absolute Gasteiger partial charge is 0.273 e. The molecular weight excluding hydrogens is 338 g/mol. The van der Waals surface area contributed by atoms with Crippen molar-refractivity contribution in [2.75, 3.05) is 19.6 Å². The largest absolute Gasteiger partial charge is 0.350 e. The van der Waals surface area contributed by atoms with Gasteiger partial charge in [0.2, 0.25) is 0 Å². The highest BCUT2D eigenvalue weighted by Crippen LogP contribution is 2.18. The Morgan fingerprint density at radius 3 is 3.08 bits per heavy atom. The number of aromatic nitrogens is 3. The van der Waals surface area contributed by atoms with Gasteiger partial charge in [0.1, 0.15) is 0 Å². The molecule has 25 heavy (non-hydrogen) atoms. The van der Waals surface area contributed by atoms with E-state index in [9.17, 15) is 4.79 Å². The number of hydrogen-bond acceptors (Lipinski definition) is 4. The summed E-state index contributed by atoms with van der Waals surface area (Å²) in [4.78, 5) is 12.6. The van der Waals surface area contributed by atoms with Crippen LogP contribution < -0.4 is 10.6 Å². The summed E-state index contributed by atoms with van der Waals surface area (Å²) in [6, 6.07) is 7.41. The second kappa shape index (κ2) is 8.45. The van der Waals surface area contributed by atoms with Gasteiger partial charge in [-0.2, -0.15) is 0 Å². The monoisotopic (exact) mass is 361 g/mol. The molecule has 2 aromatic rings. The van der Waals surface area contributed by atoms with E-state index in [0.29, 0.717) is 23.2 Å². The fraction of sp³-hybridized carbons (Fsp3) is 0.500. The highest BCUT2D eigenvalue weighted by Gasteiger charge is 2.21. The molecule has 0 radical (unpaired) electrons. The Kier molecular flexibility index (Phi) is 6.04. The number of carbonyl (C=O) groups is 1. The molecule has 1 aromatic heterocycles. The Hall–Kier alpha value is -1.92. The van der Waals surface area contributed by atoms with Crippen molar-refractivity contribution in [3.05, 3.63) is 40.7 Å². The molecule has 6 nitrogen and oxygen atoms in total. The maximum absolute atomic E-state index is 12.6. The highest BCUT2D eigenvalue weighted by molar-refractivity contribution is 6.30. The minimum atomic E-state index is -0.151. The number of benzene rings is 1. The van der Waals surface area contributed by atoms with E-state index in [0.717, 1.165) is 50.2 Å². The number of hydrogen-bond donors (Lipinski definition) is 2. The maximum atomic E-state index is 12.6. The summed E-state index contributed by atoms with van der Waals surface area (Å²) in [6.07, 6.45) is 3.94. The summed E-state index contributed by atoms with van der Waals surface area (Å²) in [5.41, 5.74) is 2.05. The molecular formula is C18H24ClN5O. The zero-order valence-electron chi connectivity index (χ0n) is 14.5. The first-order valence-corrected chi connectivity index (χ1v) is 9.26. The molecule has 0 saturated carbocycles. The molecule has 0 bridgehead atoms. The minimum absolute atomic E-state index is 0.151. The molecule has 1 aliphatic rings. The van der Waals surface area contributed by atoms with Crippen LogP contribution in [-0.2, 0) is 6.42 Å². The Morgan fingerprint density at radius 1 is 1.48 bits per heavy atom. The lowest BCUT2D eigenvalue weighted by Crippen LogP contribution is -2.38. The number of nitrogens with one attached hydrogen (secondary N) is 2. The molecule has 7 heteroatoms. The molecule has 3 rings (SSSR count). The van der Waals surface area contributed by atoms with Gasteiger partial charge in [-0.05, 0) is 56.5 Å². The fourth-order valence-electron chi connectivity index (χ4n) is 3.17. The SMILES string of the molecule is CCCc1c(C(=O)NCC2CCCNC2)nnn1-c1cccc(Cl)c1. The van der Waals surface area contributed by atoms with Crippen LogP contribution in [0.1, 0.15) is 42.4 Å². The molecule has 0 spiro atoms. The van der Waals surface area contributed by atoms with E-state index in [1.165, 1.54) is 0 Å². The van der Waals surface area contributed by atoms with E-state index in [4.69, 9.17) is 11.6 Å². The number of nitrogens with zero attached hydrogens (tertiary/aromatic N) is 3. The summed E-state index contributed by atoms with van der Waals surface area (Å²) in [7, 11) is 0. The summed E-state index contributed by atoms with van der Waals surface area (Å²) < 4.78 is 1.71. The predicted molar refractivity (Wildman–Crippen MR) is 98.3 cm³/mol. The van der Waals surface area contributed by atoms with Gasteiger partial charge >= 0.3 is 0 Å². The second-order valence-electron chi connectivity index (χ2n) is 6.45. The Balaban J connectivity index is 1.77. The van der Waals surface area contributed by atoms with Crippen LogP contribution in [0.3, 0.4) is 0 Å². The Labute approximate surface area is 152 Å². The van der Waals surface area contributed by atoms with Crippen LogP contribution in [0.25, 0.3) is 5.69 Å². The summed E-state index contributed by atoms with van der Waals surface area (Å²) in [5.74, 6) is 0.331. The van der Waals surface area contributed by atoms with E-state index in [1.54, 1.807) is 4.68 Å². The first-order valence-electron chi connectivity index (χ1n) is 8.88. The zero-order valence-corrected chi connectivity index (χ0v) is 15.2. The van der Waals surface area contributed by atoms with E-state index in [-0.39, 0.29) is 5.91 Å². The molecule has 0 aliphatic carbocycles. The molecule has 1 fully saturated rings.